The molecule has 5 heteroatoms. The standard InChI is InChI=1S/C29H35NO4/c1-6-33-25-13-10-19(16-26(25)34-7-2)22-17-27(32)30-23-14-20(15-24(31)28(22)23)18-8-11-21(12-9-18)29(3,4)5/h8-13,16,20,22H,6-7,14-15,17H2,1-5H3,(H,30,32). The molecule has 0 saturated heterocycles. The number of hydrogen-bond acceptors (Lipinski definition) is 4. The van der Waals surface area contributed by atoms with Crippen LogP contribution in [0.4, 0.5) is 0 Å². The van der Waals surface area contributed by atoms with E-state index in [2.05, 4.69) is 50.4 Å². The van der Waals surface area contributed by atoms with Gasteiger partial charge in [0.05, 0.1) is 13.2 Å². The molecule has 0 saturated carbocycles. The average Bonchev–Trinajstić information content (AvgIpc) is 2.79. The topological polar surface area (TPSA) is 64.6 Å². The predicted molar refractivity (Wildman–Crippen MR) is 133 cm³/mol. The molecular formula is C29H35NO4. The fraction of sp³-hybridized carbons (Fsp3) is 0.448. The third kappa shape index (κ3) is 4.89. The van der Waals surface area contributed by atoms with Gasteiger partial charge in [-0.2, -0.15) is 0 Å². The number of nitrogens with one attached hydrogen (secondary N) is 1. The van der Waals surface area contributed by atoms with Crippen LogP contribution in [0.25, 0.3) is 0 Å². The van der Waals surface area contributed by atoms with Crippen molar-refractivity contribution in [1.29, 1.82) is 0 Å². The largest absolute Gasteiger partial charge is 0.490 e. The maximum absolute atomic E-state index is 13.4. The number of amides is 1. The van der Waals surface area contributed by atoms with Crippen LogP contribution in [-0.2, 0) is 15.0 Å². The number of ketones is 1. The Labute approximate surface area is 202 Å². The second-order valence-electron chi connectivity index (χ2n) is 10.2. The molecule has 0 aromatic heterocycles. The lowest BCUT2D eigenvalue weighted by atomic mass is 9.73. The van der Waals surface area contributed by atoms with E-state index in [1.807, 2.05) is 32.0 Å². The van der Waals surface area contributed by atoms with Crippen LogP contribution in [-0.4, -0.2) is 24.9 Å². The zero-order chi connectivity index (χ0) is 24.5. The number of carbonyl (C=O) groups excluding carboxylic acids is 2. The number of allylic oxidation sites excluding steroid dienone is 2. The van der Waals surface area contributed by atoms with E-state index in [0.29, 0.717) is 37.6 Å². The second kappa shape index (κ2) is 9.65. The summed E-state index contributed by atoms with van der Waals surface area (Å²) >= 11 is 0. The van der Waals surface area contributed by atoms with Crippen LogP contribution in [0.5, 0.6) is 11.5 Å². The summed E-state index contributed by atoms with van der Waals surface area (Å²) in [6.45, 7) is 11.5. The zero-order valence-electron chi connectivity index (χ0n) is 20.9. The fourth-order valence-electron chi connectivity index (χ4n) is 5.02. The van der Waals surface area contributed by atoms with Crippen LogP contribution >= 0.6 is 0 Å². The summed E-state index contributed by atoms with van der Waals surface area (Å²) in [5.74, 6) is 1.19. The van der Waals surface area contributed by atoms with Gasteiger partial charge in [0, 0.05) is 30.0 Å². The van der Waals surface area contributed by atoms with Gasteiger partial charge in [-0.3, -0.25) is 9.59 Å². The smallest absolute Gasteiger partial charge is 0.225 e. The van der Waals surface area contributed by atoms with Gasteiger partial charge in [0.25, 0.3) is 0 Å². The average molecular weight is 462 g/mol. The minimum atomic E-state index is -0.268. The van der Waals surface area contributed by atoms with Crippen molar-refractivity contribution in [2.75, 3.05) is 13.2 Å². The van der Waals surface area contributed by atoms with Crippen LogP contribution in [0.1, 0.15) is 82.4 Å². The van der Waals surface area contributed by atoms with Gasteiger partial charge >= 0.3 is 0 Å². The number of carbonyl (C=O) groups is 2. The van der Waals surface area contributed by atoms with E-state index in [1.165, 1.54) is 5.56 Å². The van der Waals surface area contributed by atoms with Crippen molar-refractivity contribution in [3.8, 4) is 11.5 Å². The van der Waals surface area contributed by atoms with Crippen molar-refractivity contribution in [1.82, 2.24) is 5.32 Å². The van der Waals surface area contributed by atoms with Crippen LogP contribution in [0, 0.1) is 0 Å². The number of benzene rings is 2. The van der Waals surface area contributed by atoms with Gasteiger partial charge in [0.15, 0.2) is 17.3 Å². The molecule has 0 spiro atoms. The number of Topliss-reactive ketones (excluding diaryl/α,β-unsaturated/α-hetero) is 1. The molecule has 1 amide bonds. The molecule has 5 nitrogen and oxygen atoms in total. The van der Waals surface area contributed by atoms with E-state index in [1.54, 1.807) is 0 Å². The molecule has 1 heterocycles. The summed E-state index contributed by atoms with van der Waals surface area (Å²) in [5.41, 5.74) is 4.92. The minimum absolute atomic E-state index is 0.0490. The highest BCUT2D eigenvalue weighted by atomic mass is 16.5. The van der Waals surface area contributed by atoms with Crippen molar-refractivity contribution < 1.29 is 19.1 Å². The maximum Gasteiger partial charge on any atom is 0.225 e. The van der Waals surface area contributed by atoms with Crippen molar-refractivity contribution >= 4 is 11.7 Å². The first-order valence-corrected chi connectivity index (χ1v) is 12.3. The molecular weight excluding hydrogens is 426 g/mol. The molecule has 0 bridgehead atoms. The van der Waals surface area contributed by atoms with E-state index in [-0.39, 0.29) is 35.4 Å². The lowest BCUT2D eigenvalue weighted by Crippen LogP contribution is -2.38. The monoisotopic (exact) mass is 461 g/mol. The summed E-state index contributed by atoms with van der Waals surface area (Å²) in [4.78, 5) is 26.1. The van der Waals surface area contributed by atoms with E-state index < -0.39 is 0 Å². The minimum Gasteiger partial charge on any atom is -0.490 e. The van der Waals surface area contributed by atoms with Gasteiger partial charge in [-0.25, -0.2) is 0 Å². The van der Waals surface area contributed by atoms with E-state index in [9.17, 15) is 9.59 Å². The van der Waals surface area contributed by atoms with Crippen LogP contribution in [0.3, 0.4) is 0 Å². The third-order valence-corrected chi connectivity index (χ3v) is 6.75. The first-order valence-electron chi connectivity index (χ1n) is 12.3. The van der Waals surface area contributed by atoms with Gasteiger partial charge in [-0.1, -0.05) is 51.1 Å². The summed E-state index contributed by atoms with van der Waals surface area (Å²) in [6.07, 6.45) is 1.37. The second-order valence-corrected chi connectivity index (χ2v) is 10.2. The van der Waals surface area contributed by atoms with Crippen molar-refractivity contribution in [2.24, 2.45) is 0 Å². The van der Waals surface area contributed by atoms with Gasteiger partial charge in [-0.05, 0) is 60.4 Å². The normalized spacial score (nSPS) is 20.6. The van der Waals surface area contributed by atoms with Crippen LogP contribution in [0.15, 0.2) is 53.7 Å². The predicted octanol–water partition coefficient (Wildman–Crippen LogP) is 5.79. The molecule has 2 aromatic rings. The Hall–Kier alpha value is -3.08. The molecule has 2 aliphatic rings. The van der Waals surface area contributed by atoms with E-state index in [4.69, 9.17) is 9.47 Å². The summed E-state index contributed by atoms with van der Waals surface area (Å²) in [7, 11) is 0. The Morgan fingerprint density at radius 1 is 0.853 bits per heavy atom. The Morgan fingerprint density at radius 3 is 2.15 bits per heavy atom. The third-order valence-electron chi connectivity index (χ3n) is 6.75. The molecule has 2 aromatic carbocycles. The van der Waals surface area contributed by atoms with Crippen molar-refractivity contribution in [2.45, 2.75) is 71.1 Å². The molecule has 2 unspecified atom stereocenters. The maximum atomic E-state index is 13.4. The lowest BCUT2D eigenvalue weighted by Gasteiger charge is -2.34. The Morgan fingerprint density at radius 2 is 1.50 bits per heavy atom. The summed E-state index contributed by atoms with van der Waals surface area (Å²) < 4.78 is 11.5. The van der Waals surface area contributed by atoms with Gasteiger partial charge in [0.1, 0.15) is 0 Å². The Kier molecular flexibility index (Phi) is 6.83. The van der Waals surface area contributed by atoms with Crippen LogP contribution < -0.4 is 14.8 Å². The molecule has 1 aliphatic carbocycles. The molecule has 0 radical (unpaired) electrons. The first-order chi connectivity index (χ1) is 16.2. The first kappa shape index (κ1) is 24.1. The highest BCUT2D eigenvalue weighted by Crippen LogP contribution is 2.44. The molecule has 4 rings (SSSR count). The molecule has 180 valence electrons. The summed E-state index contributed by atoms with van der Waals surface area (Å²) in [5, 5.41) is 3.02. The van der Waals surface area contributed by atoms with Gasteiger partial charge in [0.2, 0.25) is 5.91 Å². The SMILES string of the molecule is CCOc1ccc(C2CC(=O)NC3=C2C(=O)CC(c2ccc(C(C)(C)C)cc2)C3)cc1OCC. The van der Waals surface area contributed by atoms with Gasteiger partial charge in [-0.15, -0.1) is 0 Å². The van der Waals surface area contributed by atoms with Gasteiger partial charge < -0.3 is 14.8 Å². The van der Waals surface area contributed by atoms with Crippen LogP contribution in [0.2, 0.25) is 0 Å². The molecule has 2 atom stereocenters. The molecule has 34 heavy (non-hydrogen) atoms. The zero-order valence-corrected chi connectivity index (χ0v) is 20.9. The quantitative estimate of drug-likeness (QED) is 0.592. The molecule has 1 N–H and O–H groups in total. The number of ether oxygens (including phenoxy) is 2. The van der Waals surface area contributed by atoms with Crippen molar-refractivity contribution in [3.05, 3.63) is 70.4 Å². The summed E-state index contributed by atoms with van der Waals surface area (Å²) in [6, 6.07) is 14.3. The highest BCUT2D eigenvalue weighted by molar-refractivity contribution is 6.02. The van der Waals surface area contributed by atoms with E-state index in [0.717, 1.165) is 22.4 Å². The molecule has 1 aliphatic heterocycles. The fourth-order valence-corrected chi connectivity index (χ4v) is 5.02. The number of hydrogen-bond donors (Lipinski definition) is 1. The lowest BCUT2D eigenvalue weighted by molar-refractivity contribution is -0.122. The Balaban J connectivity index is 1.65. The van der Waals surface area contributed by atoms with Crippen molar-refractivity contribution in [3.63, 3.8) is 0 Å². The Bertz CT molecular complexity index is 1110. The highest BCUT2D eigenvalue weighted by Gasteiger charge is 2.38. The van der Waals surface area contributed by atoms with E-state index >= 15 is 0 Å². The number of rotatable bonds is 6. The molecule has 0 fully saturated rings.